The van der Waals surface area contributed by atoms with Crippen LogP contribution in [0.3, 0.4) is 0 Å². The van der Waals surface area contributed by atoms with Crippen molar-refractivity contribution in [3.63, 3.8) is 0 Å². The first kappa shape index (κ1) is 16.3. The molecular formula is C15H12BrClN4OS. The Morgan fingerprint density at radius 1 is 1.35 bits per heavy atom. The normalized spacial score (nSPS) is 10.9. The minimum absolute atomic E-state index is 0.203. The first-order chi connectivity index (χ1) is 11.1. The van der Waals surface area contributed by atoms with Crippen molar-refractivity contribution in [1.29, 1.82) is 0 Å². The summed E-state index contributed by atoms with van der Waals surface area (Å²) >= 11 is 11.0. The zero-order valence-electron chi connectivity index (χ0n) is 12.1. The molecule has 0 fully saturated rings. The van der Waals surface area contributed by atoms with Gasteiger partial charge in [0.05, 0.1) is 22.8 Å². The highest BCUT2D eigenvalue weighted by Crippen LogP contribution is 2.29. The number of nitrogens with zero attached hydrogens (tertiary/aromatic N) is 3. The molecule has 0 saturated carbocycles. The molecule has 2 aromatic heterocycles. The number of anilines is 1. The number of aromatic nitrogens is 3. The number of rotatable bonds is 4. The van der Waals surface area contributed by atoms with Crippen molar-refractivity contribution in [2.24, 2.45) is 0 Å². The number of hydrogen-bond acceptors (Lipinski definition) is 5. The summed E-state index contributed by atoms with van der Waals surface area (Å²) < 4.78 is 1.94. The van der Waals surface area contributed by atoms with E-state index < -0.39 is 0 Å². The molecule has 118 valence electrons. The van der Waals surface area contributed by atoms with E-state index >= 15 is 0 Å². The Kier molecular flexibility index (Phi) is 4.89. The highest BCUT2D eigenvalue weighted by Gasteiger charge is 2.08. The highest BCUT2D eigenvalue weighted by atomic mass is 79.9. The van der Waals surface area contributed by atoms with Crippen molar-refractivity contribution in [2.45, 2.75) is 11.8 Å². The molecule has 0 bridgehead atoms. The minimum atomic E-state index is -0.203. The molecule has 0 aliphatic carbocycles. The topological polar surface area (TPSA) is 59.8 Å². The van der Waals surface area contributed by atoms with Crippen LogP contribution in [0, 0.1) is 0 Å². The molecule has 1 aromatic carbocycles. The number of benzene rings is 1. The summed E-state index contributed by atoms with van der Waals surface area (Å²) in [7, 11) is 0. The van der Waals surface area contributed by atoms with Crippen molar-refractivity contribution in [1.82, 2.24) is 14.6 Å². The first-order valence-electron chi connectivity index (χ1n) is 6.81. The number of thioether (sulfide) groups is 1. The summed E-state index contributed by atoms with van der Waals surface area (Å²) in [6.45, 7) is 2.07. The largest absolute Gasteiger partial charge is 0.289 e. The number of halogens is 2. The van der Waals surface area contributed by atoms with Gasteiger partial charge in [0.2, 0.25) is 0 Å². The van der Waals surface area contributed by atoms with Gasteiger partial charge in [0.15, 0.2) is 0 Å². The van der Waals surface area contributed by atoms with Crippen LogP contribution in [-0.4, -0.2) is 20.4 Å². The summed E-state index contributed by atoms with van der Waals surface area (Å²) in [5, 5.41) is 1.08. The third-order valence-corrected chi connectivity index (χ3v) is 4.72. The van der Waals surface area contributed by atoms with Crippen LogP contribution in [0.5, 0.6) is 0 Å². The Hall–Kier alpha value is -1.57. The molecule has 3 rings (SSSR count). The van der Waals surface area contributed by atoms with Gasteiger partial charge in [-0.05, 0) is 45.9 Å². The molecule has 3 aromatic rings. The summed E-state index contributed by atoms with van der Waals surface area (Å²) in [6.07, 6.45) is 3.00. The van der Waals surface area contributed by atoms with Crippen molar-refractivity contribution < 1.29 is 0 Å². The van der Waals surface area contributed by atoms with Crippen molar-refractivity contribution in [3.8, 4) is 0 Å². The summed E-state index contributed by atoms with van der Waals surface area (Å²) in [4.78, 5) is 22.0. The van der Waals surface area contributed by atoms with E-state index in [-0.39, 0.29) is 5.56 Å². The monoisotopic (exact) mass is 410 g/mol. The number of nitrogens with one attached hydrogen (secondary N) is 1. The fraction of sp³-hybridized carbons (Fsp3) is 0.133. The van der Waals surface area contributed by atoms with E-state index in [2.05, 4.69) is 38.2 Å². The van der Waals surface area contributed by atoms with Crippen LogP contribution >= 0.6 is 39.3 Å². The number of fused-ring (bicyclic) bond motifs is 1. The van der Waals surface area contributed by atoms with E-state index in [0.717, 1.165) is 16.3 Å². The Morgan fingerprint density at radius 3 is 2.96 bits per heavy atom. The maximum absolute atomic E-state index is 12.6. The zero-order chi connectivity index (χ0) is 16.4. The Balaban J connectivity index is 2.07. The Morgan fingerprint density at radius 2 is 2.17 bits per heavy atom. The van der Waals surface area contributed by atoms with E-state index in [4.69, 9.17) is 11.6 Å². The van der Waals surface area contributed by atoms with Crippen molar-refractivity contribution in [3.05, 3.63) is 56.8 Å². The van der Waals surface area contributed by atoms with E-state index in [9.17, 15) is 4.79 Å². The second kappa shape index (κ2) is 6.90. The zero-order valence-corrected chi connectivity index (χ0v) is 15.2. The maximum atomic E-state index is 12.6. The lowest BCUT2D eigenvalue weighted by Crippen LogP contribution is -2.26. The average molecular weight is 412 g/mol. The summed E-state index contributed by atoms with van der Waals surface area (Å²) in [6, 6.07) is 7.20. The van der Waals surface area contributed by atoms with Gasteiger partial charge >= 0.3 is 0 Å². The van der Waals surface area contributed by atoms with E-state index in [1.54, 1.807) is 30.1 Å². The molecule has 0 aliphatic heterocycles. The Labute approximate surface area is 150 Å². The van der Waals surface area contributed by atoms with Gasteiger partial charge in [-0.1, -0.05) is 18.5 Å². The quantitative estimate of drug-likeness (QED) is 0.515. The van der Waals surface area contributed by atoms with Crippen LogP contribution in [-0.2, 0) is 0 Å². The summed E-state index contributed by atoms with van der Waals surface area (Å²) in [5.74, 6) is 0.916. The number of pyridine rings is 1. The van der Waals surface area contributed by atoms with Crippen molar-refractivity contribution in [2.75, 3.05) is 11.2 Å². The van der Waals surface area contributed by atoms with Gasteiger partial charge in [0.25, 0.3) is 5.56 Å². The molecule has 0 unspecified atom stereocenters. The van der Waals surface area contributed by atoms with Crippen LogP contribution in [0.15, 0.2) is 51.1 Å². The van der Waals surface area contributed by atoms with Crippen LogP contribution < -0.4 is 11.0 Å². The van der Waals surface area contributed by atoms with Gasteiger partial charge in [-0.2, -0.15) is 0 Å². The van der Waals surface area contributed by atoms with E-state index in [0.29, 0.717) is 20.5 Å². The maximum Gasteiger partial charge on any atom is 0.280 e. The predicted octanol–water partition coefficient (Wildman–Crippen LogP) is 4.19. The average Bonchev–Trinajstić information content (AvgIpc) is 2.53. The second-order valence-electron chi connectivity index (χ2n) is 4.63. The molecule has 2 heterocycles. The lowest BCUT2D eigenvalue weighted by molar-refractivity contribution is 0.873. The van der Waals surface area contributed by atoms with Gasteiger partial charge in [0, 0.05) is 9.92 Å². The fourth-order valence-corrected chi connectivity index (χ4v) is 3.32. The van der Waals surface area contributed by atoms with Gasteiger partial charge in [0.1, 0.15) is 10.9 Å². The number of hydrogen-bond donors (Lipinski definition) is 1. The van der Waals surface area contributed by atoms with Crippen molar-refractivity contribution >= 4 is 55.9 Å². The molecular weight excluding hydrogens is 400 g/mol. The molecule has 0 radical (unpaired) electrons. The highest BCUT2D eigenvalue weighted by molar-refractivity contribution is 9.10. The van der Waals surface area contributed by atoms with Gasteiger partial charge in [-0.25, -0.2) is 14.6 Å². The first-order valence-corrected chi connectivity index (χ1v) is 8.96. The third kappa shape index (κ3) is 3.52. The van der Waals surface area contributed by atoms with Gasteiger partial charge in [-0.3, -0.25) is 10.2 Å². The molecule has 8 heteroatoms. The van der Waals surface area contributed by atoms with Gasteiger partial charge < -0.3 is 0 Å². The molecule has 0 spiro atoms. The van der Waals surface area contributed by atoms with Crippen LogP contribution in [0.2, 0.25) is 5.02 Å². The Bertz CT molecular complexity index is 931. The molecule has 1 N–H and O–H groups in total. The second-order valence-corrected chi connectivity index (χ2v) is 7.18. The predicted molar refractivity (Wildman–Crippen MR) is 98.4 cm³/mol. The standard InChI is InChI=1S/C15H12BrClN4OS/c1-2-23-13-4-3-9(17)5-11(13)20-21-8-19-12-7-18-14(16)6-10(12)15(21)22/h3-8,20H,2H2,1H3. The molecule has 0 saturated heterocycles. The minimum Gasteiger partial charge on any atom is -0.289 e. The SMILES string of the molecule is CCSc1ccc(Cl)cc1Nn1cnc2cnc(Br)cc2c1=O. The molecule has 0 amide bonds. The summed E-state index contributed by atoms with van der Waals surface area (Å²) in [5.41, 5.74) is 4.19. The van der Waals surface area contributed by atoms with Gasteiger partial charge in [-0.15, -0.1) is 11.8 Å². The molecule has 0 aliphatic rings. The lowest BCUT2D eigenvalue weighted by Gasteiger charge is -2.13. The smallest absolute Gasteiger partial charge is 0.280 e. The molecule has 23 heavy (non-hydrogen) atoms. The third-order valence-electron chi connectivity index (χ3n) is 3.09. The molecule has 5 nitrogen and oxygen atoms in total. The van der Waals surface area contributed by atoms with Crippen LogP contribution in [0.4, 0.5) is 5.69 Å². The van der Waals surface area contributed by atoms with E-state index in [1.807, 2.05) is 12.1 Å². The van der Waals surface area contributed by atoms with Crippen LogP contribution in [0.25, 0.3) is 10.9 Å². The lowest BCUT2D eigenvalue weighted by atomic mass is 10.3. The fourth-order valence-electron chi connectivity index (χ4n) is 2.08. The van der Waals surface area contributed by atoms with Crippen LogP contribution in [0.1, 0.15) is 6.92 Å². The molecule has 0 atom stereocenters. The van der Waals surface area contributed by atoms with E-state index in [1.165, 1.54) is 11.0 Å².